The van der Waals surface area contributed by atoms with E-state index in [1.807, 2.05) is 0 Å². The van der Waals surface area contributed by atoms with E-state index in [0.717, 1.165) is 0 Å². The quantitative estimate of drug-likeness (QED) is 0.458. The van der Waals surface area contributed by atoms with E-state index >= 15 is 0 Å². The minimum absolute atomic E-state index is 0. The Hall–Kier alpha value is 0.230. The highest BCUT2D eigenvalue weighted by atomic mass is 127. The van der Waals surface area contributed by atoms with Crippen molar-refractivity contribution in [3.8, 4) is 0 Å². The molecule has 0 saturated carbocycles. The van der Waals surface area contributed by atoms with Gasteiger partial charge in [-0.2, -0.15) is 0 Å². The standard InChI is InChI=1S/C5H9ClN2.HI/c1-4(6)3-8-5(2)7;/h1,3H2,2H3,(H2,7,8);1H. The summed E-state index contributed by atoms with van der Waals surface area (Å²) in [5.41, 5.74) is 5.19. The van der Waals surface area contributed by atoms with Crippen LogP contribution in [0, 0.1) is 0 Å². The van der Waals surface area contributed by atoms with Gasteiger partial charge in [0.1, 0.15) is 0 Å². The fourth-order valence-electron chi connectivity index (χ4n) is 0.210. The lowest BCUT2D eigenvalue weighted by Gasteiger charge is -1.88. The Balaban J connectivity index is 0. The van der Waals surface area contributed by atoms with Crippen LogP contribution in [0.5, 0.6) is 0 Å². The number of rotatable bonds is 2. The highest BCUT2D eigenvalue weighted by Crippen LogP contribution is 1.94. The van der Waals surface area contributed by atoms with Gasteiger partial charge in [-0.3, -0.25) is 4.99 Å². The van der Waals surface area contributed by atoms with Crippen LogP contribution in [0.25, 0.3) is 0 Å². The Morgan fingerprint density at radius 1 is 1.78 bits per heavy atom. The van der Waals surface area contributed by atoms with E-state index in [1.54, 1.807) is 6.92 Å². The molecule has 0 aliphatic rings. The van der Waals surface area contributed by atoms with Gasteiger partial charge < -0.3 is 5.73 Å². The topological polar surface area (TPSA) is 38.4 Å². The molecule has 2 N–H and O–H groups in total. The van der Waals surface area contributed by atoms with Crippen molar-refractivity contribution in [1.82, 2.24) is 0 Å². The molecule has 0 aromatic rings. The lowest BCUT2D eigenvalue weighted by atomic mass is 10.6. The van der Waals surface area contributed by atoms with Gasteiger partial charge in [-0.25, -0.2) is 0 Å². The van der Waals surface area contributed by atoms with Crippen molar-refractivity contribution in [2.75, 3.05) is 6.54 Å². The smallest absolute Gasteiger partial charge is 0.0910 e. The molecule has 2 nitrogen and oxygen atoms in total. The molecule has 0 bridgehead atoms. The van der Waals surface area contributed by atoms with Crippen LogP contribution < -0.4 is 5.73 Å². The first-order chi connectivity index (χ1) is 3.63. The molecule has 0 aliphatic heterocycles. The summed E-state index contributed by atoms with van der Waals surface area (Å²) in [6, 6.07) is 0. The second kappa shape index (κ2) is 6.35. The predicted octanol–water partition coefficient (Wildman–Crippen LogP) is 1.73. The van der Waals surface area contributed by atoms with Gasteiger partial charge in [0, 0.05) is 5.03 Å². The van der Waals surface area contributed by atoms with Crippen molar-refractivity contribution in [3.63, 3.8) is 0 Å². The molecule has 0 atom stereocenters. The maximum absolute atomic E-state index is 5.36. The molecule has 0 heterocycles. The van der Waals surface area contributed by atoms with Gasteiger partial charge in [-0.05, 0) is 6.92 Å². The van der Waals surface area contributed by atoms with Crippen LogP contribution in [0.2, 0.25) is 0 Å². The molecule has 0 aliphatic carbocycles. The molecule has 0 unspecified atom stereocenters. The van der Waals surface area contributed by atoms with Crippen LogP contribution in [0.15, 0.2) is 16.6 Å². The van der Waals surface area contributed by atoms with Gasteiger partial charge in [-0.15, -0.1) is 24.0 Å². The van der Waals surface area contributed by atoms with E-state index in [4.69, 9.17) is 17.3 Å². The van der Waals surface area contributed by atoms with Crippen molar-refractivity contribution >= 4 is 41.4 Å². The minimum Gasteiger partial charge on any atom is -0.388 e. The summed E-state index contributed by atoms with van der Waals surface area (Å²) in [4.78, 5) is 3.79. The van der Waals surface area contributed by atoms with Crippen LogP contribution in [0.1, 0.15) is 6.92 Å². The van der Waals surface area contributed by atoms with E-state index < -0.39 is 0 Å². The van der Waals surface area contributed by atoms with E-state index in [2.05, 4.69) is 11.6 Å². The van der Waals surface area contributed by atoms with Crippen molar-refractivity contribution < 1.29 is 0 Å². The monoisotopic (exact) mass is 260 g/mol. The van der Waals surface area contributed by atoms with Gasteiger partial charge in [-0.1, -0.05) is 18.2 Å². The zero-order chi connectivity index (χ0) is 6.57. The molecule has 0 saturated heterocycles. The van der Waals surface area contributed by atoms with Gasteiger partial charge in [0.25, 0.3) is 0 Å². The third-order valence-corrected chi connectivity index (χ3v) is 0.620. The number of amidine groups is 1. The molecule has 0 radical (unpaired) electrons. The third-order valence-electron chi connectivity index (χ3n) is 0.500. The van der Waals surface area contributed by atoms with Crippen LogP contribution in [-0.4, -0.2) is 12.4 Å². The maximum Gasteiger partial charge on any atom is 0.0910 e. The van der Waals surface area contributed by atoms with Gasteiger partial charge in [0.05, 0.1) is 12.4 Å². The van der Waals surface area contributed by atoms with Crippen LogP contribution in [0.4, 0.5) is 0 Å². The van der Waals surface area contributed by atoms with Gasteiger partial charge in [0.15, 0.2) is 0 Å². The Labute approximate surface area is 77.2 Å². The minimum atomic E-state index is 0. The summed E-state index contributed by atoms with van der Waals surface area (Å²) in [7, 11) is 0. The lowest BCUT2D eigenvalue weighted by molar-refractivity contribution is 1.21. The number of nitrogens with zero attached hydrogens (tertiary/aromatic N) is 1. The fraction of sp³-hybridized carbons (Fsp3) is 0.400. The Morgan fingerprint density at radius 3 is 2.33 bits per heavy atom. The molecule has 0 aromatic carbocycles. The van der Waals surface area contributed by atoms with Crippen molar-refractivity contribution in [2.24, 2.45) is 10.7 Å². The first kappa shape index (κ1) is 12.0. The molecule has 0 amide bonds. The summed E-state index contributed by atoms with van der Waals surface area (Å²) >= 11 is 5.36. The number of halogens is 2. The average Bonchev–Trinajstić information content (AvgIpc) is 1.61. The molecular formula is C5H10ClIN2. The fourth-order valence-corrected chi connectivity index (χ4v) is 0.270. The summed E-state index contributed by atoms with van der Waals surface area (Å²) in [5, 5.41) is 0.509. The number of aliphatic imine (C=N–C) groups is 1. The molecular weight excluding hydrogens is 250 g/mol. The summed E-state index contributed by atoms with van der Waals surface area (Å²) in [6.07, 6.45) is 0. The Kier molecular flexibility index (Phi) is 8.44. The largest absolute Gasteiger partial charge is 0.388 e. The first-order valence-corrected chi connectivity index (χ1v) is 2.60. The van der Waals surface area contributed by atoms with E-state index in [1.165, 1.54) is 0 Å². The van der Waals surface area contributed by atoms with Gasteiger partial charge >= 0.3 is 0 Å². The van der Waals surface area contributed by atoms with Crippen LogP contribution in [-0.2, 0) is 0 Å². The average molecular weight is 261 g/mol. The van der Waals surface area contributed by atoms with Gasteiger partial charge in [0.2, 0.25) is 0 Å². The normalized spacial score (nSPS) is 10.2. The number of hydrogen-bond acceptors (Lipinski definition) is 1. The lowest BCUT2D eigenvalue weighted by Crippen LogP contribution is -2.05. The van der Waals surface area contributed by atoms with Crippen LogP contribution >= 0.6 is 35.6 Å². The molecule has 0 spiro atoms. The first-order valence-electron chi connectivity index (χ1n) is 2.22. The zero-order valence-electron chi connectivity index (χ0n) is 5.22. The van der Waals surface area contributed by atoms with Crippen molar-refractivity contribution in [3.05, 3.63) is 11.6 Å². The molecule has 4 heteroatoms. The van der Waals surface area contributed by atoms with Crippen molar-refractivity contribution in [1.29, 1.82) is 0 Å². The number of nitrogens with two attached hydrogens (primary N) is 1. The summed E-state index contributed by atoms with van der Waals surface area (Å²) in [6.45, 7) is 5.56. The molecule has 54 valence electrons. The van der Waals surface area contributed by atoms with Crippen LogP contribution in [0.3, 0.4) is 0 Å². The highest BCUT2D eigenvalue weighted by Gasteiger charge is 1.82. The molecule has 9 heavy (non-hydrogen) atoms. The van der Waals surface area contributed by atoms with Crippen molar-refractivity contribution in [2.45, 2.75) is 6.92 Å². The van der Waals surface area contributed by atoms with E-state index in [9.17, 15) is 0 Å². The SMILES string of the molecule is C=C(Cl)CN=C(C)N.I. The Morgan fingerprint density at radius 2 is 2.22 bits per heavy atom. The van der Waals surface area contributed by atoms with E-state index in [0.29, 0.717) is 17.4 Å². The second-order valence-corrected chi connectivity index (χ2v) is 2.01. The summed E-state index contributed by atoms with van der Waals surface area (Å²) < 4.78 is 0. The zero-order valence-corrected chi connectivity index (χ0v) is 8.31. The molecule has 0 fully saturated rings. The van der Waals surface area contributed by atoms with E-state index in [-0.39, 0.29) is 24.0 Å². The molecule has 0 aromatic heterocycles. The highest BCUT2D eigenvalue weighted by molar-refractivity contribution is 14.0. The number of hydrogen-bond donors (Lipinski definition) is 1. The second-order valence-electron chi connectivity index (χ2n) is 1.47. The third kappa shape index (κ3) is 11.7. The predicted molar refractivity (Wildman–Crippen MR) is 52.6 cm³/mol. The summed E-state index contributed by atoms with van der Waals surface area (Å²) in [5.74, 6) is 0.534. The Bertz CT molecular complexity index is 118. The maximum atomic E-state index is 5.36. The molecule has 0 rings (SSSR count).